The van der Waals surface area contributed by atoms with Crippen LogP contribution in [-0.2, 0) is 6.54 Å². The van der Waals surface area contributed by atoms with Crippen molar-refractivity contribution in [1.82, 2.24) is 4.98 Å². The molecule has 88 valence electrons. The fraction of sp³-hybridized carbons (Fsp3) is 0.154. The molecular weight excluding hydrogens is 222 g/mol. The van der Waals surface area contributed by atoms with Gasteiger partial charge in [0.15, 0.2) is 0 Å². The van der Waals surface area contributed by atoms with E-state index < -0.39 is 0 Å². The molecule has 0 aliphatic rings. The number of nitrogens with zero attached hydrogens (tertiary/aromatic N) is 1. The summed E-state index contributed by atoms with van der Waals surface area (Å²) in [6.07, 6.45) is 2.75. The van der Waals surface area contributed by atoms with Gasteiger partial charge >= 0.3 is 0 Å². The first-order chi connectivity index (χ1) is 8.15. The number of pyridine rings is 1. The van der Waals surface area contributed by atoms with Gasteiger partial charge in [-0.25, -0.2) is 8.78 Å². The van der Waals surface area contributed by atoms with E-state index >= 15 is 0 Å². The third-order valence-corrected chi connectivity index (χ3v) is 2.43. The summed E-state index contributed by atoms with van der Waals surface area (Å²) in [7, 11) is 0. The molecule has 0 spiro atoms. The predicted octanol–water partition coefficient (Wildman–Crippen LogP) is 3.28. The molecule has 2 aromatic rings. The second-order valence-electron chi connectivity index (χ2n) is 3.82. The molecule has 1 aromatic carbocycles. The van der Waals surface area contributed by atoms with Crippen LogP contribution in [0.5, 0.6) is 0 Å². The highest BCUT2D eigenvalue weighted by molar-refractivity contribution is 5.50. The Morgan fingerprint density at radius 3 is 2.65 bits per heavy atom. The van der Waals surface area contributed by atoms with Crippen LogP contribution < -0.4 is 5.32 Å². The predicted molar refractivity (Wildman–Crippen MR) is 62.7 cm³/mol. The van der Waals surface area contributed by atoms with Crippen molar-refractivity contribution in [3.8, 4) is 0 Å². The minimum atomic E-state index is -0.361. The Kier molecular flexibility index (Phi) is 3.32. The average Bonchev–Trinajstić information content (AvgIpc) is 2.28. The number of hydrogen-bond donors (Lipinski definition) is 1. The lowest BCUT2D eigenvalue weighted by atomic mass is 10.2. The van der Waals surface area contributed by atoms with Crippen LogP contribution >= 0.6 is 0 Å². The molecule has 0 atom stereocenters. The van der Waals surface area contributed by atoms with Crippen LogP contribution in [0.4, 0.5) is 14.5 Å². The van der Waals surface area contributed by atoms with E-state index in [0.29, 0.717) is 6.54 Å². The maximum absolute atomic E-state index is 12.9. The minimum absolute atomic E-state index is 0.263. The summed E-state index contributed by atoms with van der Waals surface area (Å²) in [6, 6.07) is 5.92. The molecule has 17 heavy (non-hydrogen) atoms. The smallest absolute Gasteiger partial charge is 0.141 e. The number of nitrogens with one attached hydrogen (secondary N) is 1. The Labute approximate surface area is 98.3 Å². The van der Waals surface area contributed by atoms with Crippen molar-refractivity contribution in [3.63, 3.8) is 0 Å². The average molecular weight is 234 g/mol. The molecule has 0 fully saturated rings. The minimum Gasteiger partial charge on any atom is -0.381 e. The molecule has 1 aromatic heterocycles. The second-order valence-corrected chi connectivity index (χ2v) is 3.82. The zero-order valence-corrected chi connectivity index (χ0v) is 9.37. The fourth-order valence-corrected chi connectivity index (χ4v) is 1.58. The van der Waals surface area contributed by atoms with E-state index in [9.17, 15) is 8.78 Å². The van der Waals surface area contributed by atoms with E-state index in [2.05, 4.69) is 10.3 Å². The van der Waals surface area contributed by atoms with Crippen LogP contribution in [0.2, 0.25) is 0 Å². The Hall–Kier alpha value is -1.97. The Morgan fingerprint density at radius 1 is 1.12 bits per heavy atom. The quantitative estimate of drug-likeness (QED) is 0.881. The van der Waals surface area contributed by atoms with Crippen molar-refractivity contribution in [3.05, 3.63) is 59.4 Å². The summed E-state index contributed by atoms with van der Waals surface area (Å²) in [4.78, 5) is 3.76. The number of rotatable bonds is 3. The number of aryl methyl sites for hydroxylation is 1. The van der Waals surface area contributed by atoms with Crippen molar-refractivity contribution in [2.45, 2.75) is 13.5 Å². The van der Waals surface area contributed by atoms with Crippen molar-refractivity contribution in [1.29, 1.82) is 0 Å². The topological polar surface area (TPSA) is 24.9 Å². The van der Waals surface area contributed by atoms with Gasteiger partial charge in [-0.1, -0.05) is 0 Å². The number of halogens is 2. The maximum atomic E-state index is 12.9. The zero-order valence-electron chi connectivity index (χ0n) is 9.37. The molecule has 0 saturated heterocycles. The SMILES string of the molecule is Cc1cc(F)ccc1NCc1cncc(F)c1. The van der Waals surface area contributed by atoms with Gasteiger partial charge in [0, 0.05) is 18.4 Å². The van der Waals surface area contributed by atoms with E-state index in [1.165, 1.54) is 18.2 Å². The summed E-state index contributed by atoms with van der Waals surface area (Å²) >= 11 is 0. The van der Waals surface area contributed by atoms with Gasteiger partial charge in [0.1, 0.15) is 11.6 Å². The van der Waals surface area contributed by atoms with Gasteiger partial charge in [-0.05, 0) is 42.3 Å². The molecule has 4 heteroatoms. The molecule has 1 heterocycles. The molecule has 1 N–H and O–H groups in total. The standard InChI is InChI=1S/C13H12F2N2/c1-9-4-11(14)2-3-13(9)17-7-10-5-12(15)8-16-6-10/h2-6,8,17H,7H2,1H3. The Morgan fingerprint density at radius 2 is 1.94 bits per heavy atom. The highest BCUT2D eigenvalue weighted by Gasteiger charge is 2.00. The van der Waals surface area contributed by atoms with Crippen LogP contribution in [0.1, 0.15) is 11.1 Å². The Bertz CT molecular complexity index is 527. The number of aromatic nitrogens is 1. The molecule has 2 rings (SSSR count). The van der Waals surface area contributed by atoms with Gasteiger partial charge in [0.05, 0.1) is 6.20 Å². The molecule has 0 aliphatic heterocycles. The lowest BCUT2D eigenvalue weighted by molar-refractivity contribution is 0.619. The van der Waals surface area contributed by atoms with E-state index in [0.717, 1.165) is 23.0 Å². The lowest BCUT2D eigenvalue weighted by Gasteiger charge is -2.09. The lowest BCUT2D eigenvalue weighted by Crippen LogP contribution is -2.02. The monoisotopic (exact) mass is 234 g/mol. The highest BCUT2D eigenvalue weighted by Crippen LogP contribution is 2.16. The zero-order chi connectivity index (χ0) is 12.3. The van der Waals surface area contributed by atoms with E-state index in [4.69, 9.17) is 0 Å². The third-order valence-electron chi connectivity index (χ3n) is 2.43. The largest absolute Gasteiger partial charge is 0.381 e. The third kappa shape index (κ3) is 3.00. The molecule has 0 bridgehead atoms. The van der Waals surface area contributed by atoms with E-state index in [-0.39, 0.29) is 11.6 Å². The van der Waals surface area contributed by atoms with E-state index in [1.54, 1.807) is 12.3 Å². The van der Waals surface area contributed by atoms with Crippen molar-refractivity contribution in [2.24, 2.45) is 0 Å². The van der Waals surface area contributed by atoms with Gasteiger partial charge in [0.25, 0.3) is 0 Å². The van der Waals surface area contributed by atoms with Crippen LogP contribution in [0.15, 0.2) is 36.7 Å². The fourth-order valence-electron chi connectivity index (χ4n) is 1.58. The van der Waals surface area contributed by atoms with Crippen LogP contribution in [0.25, 0.3) is 0 Å². The normalized spacial score (nSPS) is 10.3. The van der Waals surface area contributed by atoms with Gasteiger partial charge in [-0.2, -0.15) is 0 Å². The summed E-state index contributed by atoms with van der Waals surface area (Å²) in [5.74, 6) is -0.624. The van der Waals surface area contributed by atoms with Gasteiger partial charge in [0.2, 0.25) is 0 Å². The summed E-state index contributed by atoms with van der Waals surface area (Å²) < 4.78 is 25.8. The van der Waals surface area contributed by atoms with Gasteiger partial charge in [-0.3, -0.25) is 4.98 Å². The molecule has 0 amide bonds. The maximum Gasteiger partial charge on any atom is 0.141 e. The second kappa shape index (κ2) is 4.91. The summed E-state index contributed by atoms with van der Waals surface area (Å²) in [5, 5.41) is 3.11. The summed E-state index contributed by atoms with van der Waals surface area (Å²) in [5.41, 5.74) is 2.39. The molecule has 0 aliphatic carbocycles. The number of anilines is 1. The van der Waals surface area contributed by atoms with Gasteiger partial charge < -0.3 is 5.32 Å². The first-order valence-corrected chi connectivity index (χ1v) is 5.24. The molecule has 0 radical (unpaired) electrons. The van der Waals surface area contributed by atoms with Crippen molar-refractivity contribution >= 4 is 5.69 Å². The van der Waals surface area contributed by atoms with E-state index in [1.807, 2.05) is 6.92 Å². The molecule has 0 saturated carbocycles. The number of benzene rings is 1. The molecular formula is C13H12F2N2. The summed E-state index contributed by atoms with van der Waals surface area (Å²) in [6.45, 7) is 2.27. The first kappa shape index (κ1) is 11.5. The van der Waals surface area contributed by atoms with Crippen molar-refractivity contribution < 1.29 is 8.78 Å². The molecule has 0 unspecified atom stereocenters. The number of hydrogen-bond acceptors (Lipinski definition) is 2. The van der Waals surface area contributed by atoms with Crippen LogP contribution in [0, 0.1) is 18.6 Å². The highest BCUT2D eigenvalue weighted by atomic mass is 19.1. The first-order valence-electron chi connectivity index (χ1n) is 5.24. The van der Waals surface area contributed by atoms with Crippen LogP contribution in [-0.4, -0.2) is 4.98 Å². The Balaban J connectivity index is 2.07. The molecule has 2 nitrogen and oxygen atoms in total. The van der Waals surface area contributed by atoms with Gasteiger partial charge in [-0.15, -0.1) is 0 Å². The van der Waals surface area contributed by atoms with Crippen molar-refractivity contribution in [2.75, 3.05) is 5.32 Å². The van der Waals surface area contributed by atoms with Crippen LogP contribution in [0.3, 0.4) is 0 Å².